The molecule has 0 bridgehead atoms. The molecule has 0 radical (unpaired) electrons. The normalized spacial score (nSPS) is 13.1. The third-order valence-electron chi connectivity index (χ3n) is 3.78. The van der Waals surface area contributed by atoms with Gasteiger partial charge in [0.2, 0.25) is 0 Å². The van der Waals surface area contributed by atoms with E-state index in [0.717, 1.165) is 24.3 Å². The second-order valence-electron chi connectivity index (χ2n) is 5.82. The lowest BCUT2D eigenvalue weighted by Crippen LogP contribution is -2.46. The van der Waals surface area contributed by atoms with E-state index in [-0.39, 0.29) is 16.5 Å². The van der Waals surface area contributed by atoms with Crippen LogP contribution in [-0.4, -0.2) is 23.2 Å². The summed E-state index contributed by atoms with van der Waals surface area (Å²) in [6, 6.07) is 7.37. The van der Waals surface area contributed by atoms with E-state index in [4.69, 9.17) is 21.6 Å². The first-order chi connectivity index (χ1) is 13.5. The molecule has 0 aliphatic carbocycles. The maximum absolute atomic E-state index is 13.4. The molecule has 0 aliphatic rings. The number of nitrogens with zero attached hydrogens (tertiary/aromatic N) is 1. The average molecular weight is 429 g/mol. The third kappa shape index (κ3) is 5.25. The molecule has 0 aromatic heterocycles. The van der Waals surface area contributed by atoms with Crippen LogP contribution in [0.15, 0.2) is 49.1 Å². The highest BCUT2D eigenvalue weighted by molar-refractivity contribution is 6.30. The summed E-state index contributed by atoms with van der Waals surface area (Å²) in [5.74, 6) is -1.97. The molecule has 29 heavy (non-hydrogen) atoms. The molecule has 1 amide bonds. The molecule has 0 spiro atoms. The van der Waals surface area contributed by atoms with Gasteiger partial charge in [0.25, 0.3) is 5.91 Å². The van der Waals surface area contributed by atoms with Crippen molar-refractivity contribution in [3.8, 4) is 11.8 Å². The van der Waals surface area contributed by atoms with E-state index in [1.807, 2.05) is 0 Å². The van der Waals surface area contributed by atoms with Gasteiger partial charge in [-0.1, -0.05) is 18.2 Å². The number of halogens is 5. The van der Waals surface area contributed by atoms with E-state index in [0.29, 0.717) is 6.07 Å². The number of nitrogens with one attached hydrogen (secondary N) is 1. The summed E-state index contributed by atoms with van der Waals surface area (Å²) in [7, 11) is 0. The van der Waals surface area contributed by atoms with Gasteiger partial charge in [0.1, 0.15) is 18.2 Å². The predicted octanol–water partition coefficient (Wildman–Crippen LogP) is 4.30. The molecule has 0 aliphatic heterocycles. The van der Waals surface area contributed by atoms with E-state index in [9.17, 15) is 27.5 Å². The predicted molar refractivity (Wildman–Crippen MR) is 96.8 cm³/mol. The van der Waals surface area contributed by atoms with Crippen LogP contribution < -0.4 is 10.1 Å². The zero-order valence-electron chi connectivity index (χ0n) is 14.6. The SMILES string of the molecule is C=C[C@@](O)(COc1ccc(Cl)c(F)c1)C(=O)Nc1ccc(C#N)c(C(F)(F)F)c1. The Hall–Kier alpha value is -3.09. The van der Waals surface area contributed by atoms with Gasteiger partial charge in [-0.3, -0.25) is 4.79 Å². The zero-order valence-corrected chi connectivity index (χ0v) is 15.3. The van der Waals surface area contributed by atoms with Crippen molar-refractivity contribution in [3.05, 3.63) is 71.0 Å². The van der Waals surface area contributed by atoms with E-state index in [2.05, 4.69) is 11.9 Å². The number of alkyl halides is 3. The largest absolute Gasteiger partial charge is 0.490 e. The number of nitriles is 1. The van der Waals surface area contributed by atoms with Crippen molar-refractivity contribution in [2.24, 2.45) is 0 Å². The Kier molecular flexibility index (Phi) is 6.51. The van der Waals surface area contributed by atoms with Gasteiger partial charge < -0.3 is 15.2 Å². The molecule has 0 unspecified atom stereocenters. The van der Waals surface area contributed by atoms with Crippen molar-refractivity contribution in [3.63, 3.8) is 0 Å². The molecule has 0 saturated heterocycles. The summed E-state index contributed by atoms with van der Waals surface area (Å²) in [5, 5.41) is 21.2. The number of benzene rings is 2. The first kappa shape index (κ1) is 22.2. The second kappa shape index (κ2) is 8.51. The molecule has 10 heteroatoms. The molecule has 152 valence electrons. The fraction of sp³-hybridized carbons (Fsp3) is 0.158. The van der Waals surface area contributed by atoms with Crippen LogP contribution in [0.4, 0.5) is 23.2 Å². The van der Waals surface area contributed by atoms with Gasteiger partial charge in [0, 0.05) is 11.8 Å². The number of rotatable bonds is 6. The number of ether oxygens (including phenoxy) is 1. The fourth-order valence-electron chi connectivity index (χ4n) is 2.17. The monoisotopic (exact) mass is 428 g/mol. The summed E-state index contributed by atoms with van der Waals surface area (Å²) < 4.78 is 57.7. The molecular formula is C19H13ClF4N2O3. The van der Waals surface area contributed by atoms with Gasteiger partial charge in [-0.15, -0.1) is 0 Å². The number of carbonyl (C=O) groups excluding carboxylic acids is 1. The van der Waals surface area contributed by atoms with Crippen molar-refractivity contribution >= 4 is 23.2 Å². The number of amides is 1. The highest BCUT2D eigenvalue weighted by Crippen LogP contribution is 2.33. The minimum absolute atomic E-state index is 0.0438. The maximum atomic E-state index is 13.4. The molecule has 2 aromatic carbocycles. The first-order valence-corrected chi connectivity index (χ1v) is 8.24. The number of anilines is 1. The van der Waals surface area contributed by atoms with Crippen LogP contribution in [-0.2, 0) is 11.0 Å². The van der Waals surface area contributed by atoms with Gasteiger partial charge >= 0.3 is 6.18 Å². The van der Waals surface area contributed by atoms with Crippen molar-refractivity contribution in [2.75, 3.05) is 11.9 Å². The molecule has 0 fully saturated rings. The quantitative estimate of drug-likeness (QED) is 0.531. The van der Waals surface area contributed by atoms with E-state index in [1.54, 1.807) is 0 Å². The Balaban J connectivity index is 2.19. The summed E-state index contributed by atoms with van der Waals surface area (Å²) in [6.07, 6.45) is -3.99. The van der Waals surface area contributed by atoms with Crippen LogP contribution in [0.1, 0.15) is 11.1 Å². The summed E-state index contributed by atoms with van der Waals surface area (Å²) in [5.41, 5.74) is -4.52. The van der Waals surface area contributed by atoms with Crippen molar-refractivity contribution in [2.45, 2.75) is 11.8 Å². The summed E-state index contributed by atoms with van der Waals surface area (Å²) >= 11 is 5.54. The molecule has 1 atom stereocenters. The smallest absolute Gasteiger partial charge is 0.417 e. The molecule has 2 aromatic rings. The van der Waals surface area contributed by atoms with Crippen LogP contribution >= 0.6 is 11.6 Å². The Bertz CT molecular complexity index is 988. The topological polar surface area (TPSA) is 82.3 Å². The average Bonchev–Trinajstić information content (AvgIpc) is 2.67. The molecule has 0 heterocycles. The number of hydrogen-bond donors (Lipinski definition) is 2. The molecule has 0 saturated carbocycles. The lowest BCUT2D eigenvalue weighted by molar-refractivity contribution is -0.138. The van der Waals surface area contributed by atoms with Crippen LogP contribution in [0.25, 0.3) is 0 Å². The highest BCUT2D eigenvalue weighted by Gasteiger charge is 2.36. The molecular weight excluding hydrogens is 416 g/mol. The lowest BCUT2D eigenvalue weighted by atomic mass is 10.0. The summed E-state index contributed by atoms with van der Waals surface area (Å²) in [6.45, 7) is 2.61. The number of hydrogen-bond acceptors (Lipinski definition) is 4. The summed E-state index contributed by atoms with van der Waals surface area (Å²) in [4.78, 5) is 12.4. The molecule has 5 nitrogen and oxygen atoms in total. The van der Waals surface area contributed by atoms with Gasteiger partial charge in [-0.05, 0) is 36.4 Å². The number of aliphatic hydroxyl groups is 1. The third-order valence-corrected chi connectivity index (χ3v) is 4.09. The lowest BCUT2D eigenvalue weighted by Gasteiger charge is -2.24. The first-order valence-electron chi connectivity index (χ1n) is 7.87. The van der Waals surface area contributed by atoms with Crippen LogP contribution in [0.5, 0.6) is 5.75 Å². The van der Waals surface area contributed by atoms with Gasteiger partial charge in [0.05, 0.1) is 22.2 Å². The van der Waals surface area contributed by atoms with Gasteiger partial charge in [0.15, 0.2) is 5.60 Å². The molecule has 2 rings (SSSR count). The van der Waals surface area contributed by atoms with Crippen molar-refractivity contribution < 1.29 is 32.2 Å². The Morgan fingerprint density at radius 1 is 1.31 bits per heavy atom. The minimum Gasteiger partial charge on any atom is -0.490 e. The number of carbonyl (C=O) groups is 1. The minimum atomic E-state index is -4.82. The van der Waals surface area contributed by atoms with Crippen LogP contribution in [0.3, 0.4) is 0 Å². The fourth-order valence-corrected chi connectivity index (χ4v) is 2.29. The zero-order chi connectivity index (χ0) is 21.8. The van der Waals surface area contributed by atoms with E-state index in [1.165, 1.54) is 18.2 Å². The Morgan fingerprint density at radius 3 is 2.55 bits per heavy atom. The highest BCUT2D eigenvalue weighted by atomic mass is 35.5. The van der Waals surface area contributed by atoms with Crippen molar-refractivity contribution in [1.82, 2.24) is 0 Å². The van der Waals surface area contributed by atoms with E-state index < -0.39 is 41.2 Å². The Morgan fingerprint density at radius 2 is 2.00 bits per heavy atom. The van der Waals surface area contributed by atoms with Gasteiger partial charge in [-0.25, -0.2) is 4.39 Å². The van der Waals surface area contributed by atoms with E-state index >= 15 is 0 Å². The van der Waals surface area contributed by atoms with Crippen LogP contribution in [0, 0.1) is 17.1 Å². The Labute approximate surface area is 167 Å². The van der Waals surface area contributed by atoms with Gasteiger partial charge in [-0.2, -0.15) is 18.4 Å². The standard InChI is InChI=1S/C19H13ClF4N2O3/c1-2-18(28,10-29-13-5-6-15(20)16(21)8-13)17(27)26-12-4-3-11(9-25)14(7-12)19(22,23)24/h2-8,28H,1,10H2,(H,26,27)/t18-/m1/s1. The second-order valence-corrected chi connectivity index (χ2v) is 6.22. The van der Waals surface area contributed by atoms with Crippen LogP contribution in [0.2, 0.25) is 5.02 Å². The maximum Gasteiger partial charge on any atom is 0.417 e. The molecule has 2 N–H and O–H groups in total. The van der Waals surface area contributed by atoms with Crippen molar-refractivity contribution in [1.29, 1.82) is 5.26 Å².